The van der Waals surface area contributed by atoms with Crippen LogP contribution in [0.2, 0.25) is 18.6 Å². The number of aliphatic hydroxyl groups excluding tert-OH is 1. The van der Waals surface area contributed by atoms with Gasteiger partial charge in [-0.25, -0.2) is 0 Å². The molecule has 8 rings (SSSR count). The molecule has 294 valence electrons. The molecular formula is C46H49N3O7Si. The van der Waals surface area contributed by atoms with Gasteiger partial charge in [0.1, 0.15) is 5.75 Å². The normalized spacial score (nSPS) is 22.7. The number of hydrogen-bond acceptors (Lipinski definition) is 7. The van der Waals surface area contributed by atoms with Crippen molar-refractivity contribution in [3.8, 4) is 17.2 Å². The molecule has 4 aromatic carbocycles. The van der Waals surface area contributed by atoms with Crippen LogP contribution in [0.15, 0.2) is 120 Å². The monoisotopic (exact) mass is 783 g/mol. The molecular weight excluding hydrogens is 735 g/mol. The number of carbonyl (C=O) groups excluding carboxylic acids is 2. The highest BCUT2D eigenvalue weighted by Gasteiger charge is 2.66. The van der Waals surface area contributed by atoms with Crippen LogP contribution in [0.4, 0.5) is 5.69 Å². The van der Waals surface area contributed by atoms with Crippen LogP contribution in [-0.2, 0) is 39.4 Å². The number of anilines is 1. The van der Waals surface area contributed by atoms with Crippen molar-refractivity contribution in [1.82, 2.24) is 9.47 Å². The molecule has 3 aliphatic heterocycles. The van der Waals surface area contributed by atoms with E-state index >= 15 is 4.79 Å². The molecule has 1 N–H and O–H groups in total. The molecule has 3 aliphatic rings. The Balaban J connectivity index is 1.15. The zero-order valence-electron chi connectivity index (χ0n) is 33.1. The van der Waals surface area contributed by atoms with E-state index in [-0.39, 0.29) is 53.7 Å². The molecule has 0 unspecified atom stereocenters. The summed E-state index contributed by atoms with van der Waals surface area (Å²) in [5.41, 5.74) is 3.68. The van der Waals surface area contributed by atoms with Gasteiger partial charge in [0.05, 0.1) is 59.7 Å². The summed E-state index contributed by atoms with van der Waals surface area (Å²) in [6.07, 6.45) is 1.80. The van der Waals surface area contributed by atoms with Gasteiger partial charge in [0.15, 0.2) is 11.4 Å². The first-order chi connectivity index (χ1) is 27.5. The smallest absolute Gasteiger partial charge is 0.297 e. The van der Waals surface area contributed by atoms with E-state index in [1.807, 2.05) is 83.8 Å². The summed E-state index contributed by atoms with van der Waals surface area (Å²) in [5, 5.41) is 11.7. The maximum Gasteiger partial charge on any atom is 0.297 e. The third kappa shape index (κ3) is 6.47. The Labute approximate surface area is 334 Å². The first-order valence-electron chi connectivity index (χ1n) is 19.6. The first-order valence-corrected chi connectivity index (χ1v) is 22.7. The van der Waals surface area contributed by atoms with Crippen molar-refractivity contribution in [2.75, 3.05) is 25.7 Å². The molecule has 4 heterocycles. The minimum Gasteiger partial charge on any atom is -0.497 e. The van der Waals surface area contributed by atoms with Gasteiger partial charge in [-0.05, 0) is 71.1 Å². The predicted octanol–water partition coefficient (Wildman–Crippen LogP) is 5.95. The Morgan fingerprint density at radius 1 is 0.877 bits per heavy atom. The predicted molar refractivity (Wildman–Crippen MR) is 222 cm³/mol. The number of pyridine rings is 1. The average Bonchev–Trinajstić information content (AvgIpc) is 3.66. The Hall–Kier alpha value is -5.49. The van der Waals surface area contributed by atoms with E-state index in [0.29, 0.717) is 25.2 Å². The zero-order valence-corrected chi connectivity index (χ0v) is 34.1. The summed E-state index contributed by atoms with van der Waals surface area (Å²) < 4.78 is 19.5. The molecule has 2 amide bonds. The van der Waals surface area contributed by atoms with E-state index < -0.39 is 19.8 Å². The number of para-hydroxylation sites is 1. The number of rotatable bonds is 10. The summed E-state index contributed by atoms with van der Waals surface area (Å²) in [4.78, 5) is 46.4. The number of benzene rings is 4. The van der Waals surface area contributed by atoms with Gasteiger partial charge in [-0.15, -0.1) is 0 Å². The molecule has 0 bridgehead atoms. The highest BCUT2D eigenvalue weighted by molar-refractivity contribution is 6.91. The SMILES string of the molecule is COc1ccc([Si](C)(C)[C@@H]2[C@@H](CC(=O)N3Cc4ccccc4C[C@H]3CO)O[C@]3(C(=O)N(Cc4ccc(-n5cccc(OC)c5=O)cc4)c4ccccc43)[C@H]2C)cc1. The molecule has 1 aromatic heterocycles. The number of carbonyl (C=O) groups is 2. The van der Waals surface area contributed by atoms with Crippen LogP contribution >= 0.6 is 0 Å². The number of aromatic nitrogens is 1. The van der Waals surface area contributed by atoms with Crippen molar-refractivity contribution < 1.29 is 28.9 Å². The second-order valence-corrected chi connectivity index (χ2v) is 20.7. The van der Waals surface area contributed by atoms with Gasteiger partial charge in [-0.2, -0.15) is 0 Å². The highest BCUT2D eigenvalue weighted by Crippen LogP contribution is 2.60. The van der Waals surface area contributed by atoms with Crippen LogP contribution in [0.5, 0.6) is 11.5 Å². The number of ether oxygens (including phenoxy) is 3. The van der Waals surface area contributed by atoms with Crippen molar-refractivity contribution >= 4 is 30.8 Å². The lowest BCUT2D eigenvalue weighted by Crippen LogP contribution is -2.52. The van der Waals surface area contributed by atoms with Gasteiger partial charge in [0.25, 0.3) is 11.5 Å². The maximum absolute atomic E-state index is 15.3. The Kier molecular flexibility index (Phi) is 10.2. The Morgan fingerprint density at radius 2 is 1.58 bits per heavy atom. The third-order valence-corrected chi connectivity index (χ3v) is 17.1. The number of nitrogens with zero attached hydrogens (tertiary/aromatic N) is 3. The van der Waals surface area contributed by atoms with E-state index in [1.165, 1.54) is 16.9 Å². The van der Waals surface area contributed by atoms with Crippen LogP contribution in [0, 0.1) is 5.92 Å². The third-order valence-electron chi connectivity index (χ3n) is 12.7. The topological polar surface area (TPSA) is 111 Å². The van der Waals surface area contributed by atoms with Crippen LogP contribution < -0.4 is 25.1 Å². The minimum absolute atomic E-state index is 0.0859. The minimum atomic E-state index is -2.51. The van der Waals surface area contributed by atoms with Crippen molar-refractivity contribution in [2.24, 2.45) is 5.92 Å². The molecule has 0 aliphatic carbocycles. The van der Waals surface area contributed by atoms with Gasteiger partial charge in [0, 0.05) is 29.9 Å². The quantitative estimate of drug-likeness (QED) is 0.174. The molecule has 0 saturated carbocycles. The lowest BCUT2D eigenvalue weighted by atomic mass is 9.82. The second kappa shape index (κ2) is 15.1. The Morgan fingerprint density at radius 3 is 2.28 bits per heavy atom. The Bertz CT molecular complexity index is 2360. The van der Waals surface area contributed by atoms with Crippen LogP contribution in [0.1, 0.15) is 35.6 Å². The summed E-state index contributed by atoms with van der Waals surface area (Å²) in [6, 6.07) is 34.8. The van der Waals surface area contributed by atoms with Gasteiger partial charge < -0.3 is 29.1 Å². The van der Waals surface area contributed by atoms with E-state index in [9.17, 15) is 14.7 Å². The van der Waals surface area contributed by atoms with Crippen LogP contribution in [-0.4, -0.2) is 67.4 Å². The standard InChI is InChI=1S/C46H49N3O7Si/c1-30-43(57(4,5)37-22-20-36(54-2)21-23-37)41(26-42(51)48-28-33-12-7-6-11-32(33)25-35(48)29-50)56-46(30)38-13-8-9-14-39(38)49(45(46)53)27-31-16-18-34(19-17-31)47-24-10-15-40(55-3)44(47)52/h6-24,30,35,41,43,50H,25-29H2,1-5H3/t30-,35-,41+,43-,46+/m0/s1. The summed E-state index contributed by atoms with van der Waals surface area (Å²) in [7, 11) is 0.620. The summed E-state index contributed by atoms with van der Waals surface area (Å²) in [5.74, 6) is 0.498. The summed E-state index contributed by atoms with van der Waals surface area (Å²) in [6.45, 7) is 7.31. The summed E-state index contributed by atoms with van der Waals surface area (Å²) >= 11 is 0. The average molecular weight is 784 g/mol. The van der Waals surface area contributed by atoms with Crippen molar-refractivity contribution in [3.05, 3.63) is 148 Å². The van der Waals surface area contributed by atoms with Crippen LogP contribution in [0.25, 0.3) is 5.69 Å². The molecule has 5 aromatic rings. The number of fused-ring (bicyclic) bond motifs is 3. The number of amides is 2. The molecule has 0 radical (unpaired) electrons. The van der Waals surface area contributed by atoms with Gasteiger partial charge in [-0.1, -0.05) is 91.9 Å². The molecule has 5 atom stereocenters. The zero-order chi connectivity index (χ0) is 40.1. The second-order valence-electron chi connectivity index (χ2n) is 16.0. The van der Waals surface area contributed by atoms with Gasteiger partial charge >= 0.3 is 0 Å². The highest BCUT2D eigenvalue weighted by atomic mass is 28.3. The molecule has 57 heavy (non-hydrogen) atoms. The fourth-order valence-corrected chi connectivity index (χ4v) is 13.7. The fraction of sp³-hybridized carbons (Fsp3) is 0.326. The van der Waals surface area contributed by atoms with Crippen molar-refractivity contribution in [1.29, 1.82) is 0 Å². The van der Waals surface area contributed by atoms with E-state index in [4.69, 9.17) is 14.2 Å². The van der Waals surface area contributed by atoms with Gasteiger partial charge in [0.2, 0.25) is 5.91 Å². The lowest BCUT2D eigenvalue weighted by molar-refractivity contribution is -0.151. The van der Waals surface area contributed by atoms with E-state index in [2.05, 4.69) is 38.2 Å². The number of aliphatic hydroxyl groups is 1. The number of methoxy groups -OCH3 is 2. The van der Waals surface area contributed by atoms with Gasteiger partial charge in [-0.3, -0.25) is 19.0 Å². The lowest BCUT2D eigenvalue weighted by Gasteiger charge is -2.39. The molecule has 1 fully saturated rings. The molecule has 11 heteroatoms. The van der Waals surface area contributed by atoms with Crippen molar-refractivity contribution in [2.45, 2.75) is 69.2 Å². The molecule has 1 spiro atoms. The van der Waals surface area contributed by atoms with Crippen molar-refractivity contribution in [3.63, 3.8) is 0 Å². The van der Waals surface area contributed by atoms with E-state index in [0.717, 1.165) is 33.7 Å². The maximum atomic E-state index is 15.3. The molecule has 10 nitrogen and oxygen atoms in total. The first kappa shape index (κ1) is 38.4. The van der Waals surface area contributed by atoms with E-state index in [1.54, 1.807) is 30.3 Å². The van der Waals surface area contributed by atoms with Crippen LogP contribution in [0.3, 0.4) is 0 Å². The largest absolute Gasteiger partial charge is 0.497 e. The fourth-order valence-electron chi connectivity index (χ4n) is 9.73. The molecule has 1 saturated heterocycles. The number of hydrogen-bond donors (Lipinski definition) is 1.